The first-order chi connectivity index (χ1) is 10.1. The summed E-state index contributed by atoms with van der Waals surface area (Å²) in [7, 11) is 0. The van der Waals surface area contributed by atoms with E-state index >= 15 is 0 Å². The average Bonchev–Trinajstić information content (AvgIpc) is 2.52. The Balaban J connectivity index is 1.91. The maximum absolute atomic E-state index is 10.6. The normalized spacial score (nSPS) is 11.9. The molecule has 0 aromatic heterocycles. The van der Waals surface area contributed by atoms with Gasteiger partial charge in [-0.1, -0.05) is 49.4 Å². The van der Waals surface area contributed by atoms with E-state index in [0.29, 0.717) is 12.3 Å². The third kappa shape index (κ3) is 4.95. The molecule has 0 heterocycles. The molecule has 0 spiro atoms. The van der Waals surface area contributed by atoms with Crippen molar-refractivity contribution in [3.63, 3.8) is 0 Å². The number of aliphatic carboxylic acids is 1. The minimum atomic E-state index is -0.758. The highest BCUT2D eigenvalue weighted by Gasteiger charge is 2.05. The predicted octanol–water partition coefficient (Wildman–Crippen LogP) is 3.92. The summed E-state index contributed by atoms with van der Waals surface area (Å²) in [5.41, 5.74) is 3.41. The van der Waals surface area contributed by atoms with Gasteiger partial charge in [-0.05, 0) is 35.6 Å². The van der Waals surface area contributed by atoms with Crippen LogP contribution in [0.1, 0.15) is 30.4 Å². The van der Waals surface area contributed by atoms with Gasteiger partial charge in [-0.2, -0.15) is 0 Å². The van der Waals surface area contributed by atoms with Crippen molar-refractivity contribution in [3.8, 4) is 0 Å². The molecule has 21 heavy (non-hydrogen) atoms. The fraction of sp³-hybridized carbons (Fsp3) is 0.278. The predicted molar refractivity (Wildman–Crippen MR) is 85.7 cm³/mol. The minimum absolute atomic E-state index is 0.171. The summed E-state index contributed by atoms with van der Waals surface area (Å²) in [4.78, 5) is 10.6. The molecule has 2 N–H and O–H groups in total. The van der Waals surface area contributed by atoms with Gasteiger partial charge in [0, 0.05) is 18.7 Å². The third-order valence-electron chi connectivity index (χ3n) is 3.54. The Morgan fingerprint density at radius 1 is 1.14 bits per heavy atom. The van der Waals surface area contributed by atoms with Crippen molar-refractivity contribution in [1.82, 2.24) is 0 Å². The molecule has 0 saturated heterocycles. The molecule has 110 valence electrons. The van der Waals surface area contributed by atoms with Gasteiger partial charge in [0.15, 0.2) is 0 Å². The van der Waals surface area contributed by atoms with Crippen molar-refractivity contribution in [3.05, 3.63) is 65.7 Å². The first-order valence-corrected chi connectivity index (χ1v) is 7.24. The average molecular weight is 283 g/mol. The summed E-state index contributed by atoms with van der Waals surface area (Å²) in [6, 6.07) is 18.4. The lowest BCUT2D eigenvalue weighted by atomic mass is 10.0. The molecule has 0 amide bonds. The molecule has 2 aromatic carbocycles. The largest absolute Gasteiger partial charge is 0.481 e. The van der Waals surface area contributed by atoms with Crippen molar-refractivity contribution >= 4 is 11.7 Å². The number of benzene rings is 2. The molecule has 1 unspecified atom stereocenters. The Bertz CT molecular complexity index is 581. The van der Waals surface area contributed by atoms with Gasteiger partial charge in [0.1, 0.15) is 0 Å². The number of hydrogen-bond acceptors (Lipinski definition) is 2. The second-order valence-corrected chi connectivity index (χ2v) is 5.29. The van der Waals surface area contributed by atoms with Gasteiger partial charge in [-0.15, -0.1) is 0 Å². The fourth-order valence-electron chi connectivity index (χ4n) is 2.26. The van der Waals surface area contributed by atoms with Gasteiger partial charge >= 0.3 is 5.97 Å². The van der Waals surface area contributed by atoms with Gasteiger partial charge in [-0.3, -0.25) is 4.79 Å². The number of aryl methyl sites for hydroxylation is 1. The van der Waals surface area contributed by atoms with Gasteiger partial charge < -0.3 is 10.4 Å². The van der Waals surface area contributed by atoms with Crippen LogP contribution in [0, 0.1) is 0 Å². The molecular weight excluding hydrogens is 262 g/mol. The van der Waals surface area contributed by atoms with Crippen LogP contribution in [-0.2, 0) is 11.2 Å². The highest BCUT2D eigenvalue weighted by atomic mass is 16.4. The molecule has 1 atom stereocenters. The molecule has 2 aromatic rings. The molecular formula is C18H21NO2. The van der Waals surface area contributed by atoms with Gasteiger partial charge in [0.05, 0.1) is 0 Å². The number of anilines is 1. The minimum Gasteiger partial charge on any atom is -0.481 e. The molecule has 0 fully saturated rings. The lowest BCUT2D eigenvalue weighted by Gasteiger charge is -2.14. The third-order valence-corrected chi connectivity index (χ3v) is 3.54. The van der Waals surface area contributed by atoms with Crippen LogP contribution in [0.15, 0.2) is 54.6 Å². The standard InChI is InChI=1S/C18H21NO2/c1-14(16-7-3-2-4-8-16)13-19-17-9-5-6-15(12-17)10-11-18(20)21/h2-9,12,14,19H,10-11,13H2,1H3,(H,20,21). The number of carbonyl (C=O) groups is 1. The maximum atomic E-state index is 10.6. The van der Waals surface area contributed by atoms with E-state index in [9.17, 15) is 4.79 Å². The maximum Gasteiger partial charge on any atom is 0.303 e. The summed E-state index contributed by atoms with van der Waals surface area (Å²) >= 11 is 0. The van der Waals surface area contributed by atoms with E-state index in [-0.39, 0.29) is 6.42 Å². The monoisotopic (exact) mass is 283 g/mol. The van der Waals surface area contributed by atoms with Gasteiger partial charge in [0.2, 0.25) is 0 Å². The zero-order valence-electron chi connectivity index (χ0n) is 12.3. The van der Waals surface area contributed by atoms with Crippen LogP contribution in [0.5, 0.6) is 0 Å². The van der Waals surface area contributed by atoms with Gasteiger partial charge in [0.25, 0.3) is 0 Å². The molecule has 0 saturated carbocycles. The van der Waals surface area contributed by atoms with Crippen LogP contribution in [0.2, 0.25) is 0 Å². The van der Waals surface area contributed by atoms with E-state index in [0.717, 1.165) is 17.8 Å². The molecule has 3 heteroatoms. The lowest BCUT2D eigenvalue weighted by molar-refractivity contribution is -0.136. The number of hydrogen-bond donors (Lipinski definition) is 2. The van der Waals surface area contributed by atoms with Crippen molar-refractivity contribution in [2.75, 3.05) is 11.9 Å². The summed E-state index contributed by atoms with van der Waals surface area (Å²) in [6.07, 6.45) is 0.739. The lowest BCUT2D eigenvalue weighted by Crippen LogP contribution is -2.10. The van der Waals surface area contributed by atoms with Crippen LogP contribution < -0.4 is 5.32 Å². The number of carboxylic acid groups (broad SMARTS) is 1. The van der Waals surface area contributed by atoms with Gasteiger partial charge in [-0.25, -0.2) is 0 Å². The van der Waals surface area contributed by atoms with Crippen LogP contribution in [0.3, 0.4) is 0 Å². The van der Waals surface area contributed by atoms with E-state index in [4.69, 9.17) is 5.11 Å². The molecule has 2 rings (SSSR count). The van der Waals surface area contributed by atoms with Crippen molar-refractivity contribution in [2.45, 2.75) is 25.7 Å². The quantitative estimate of drug-likeness (QED) is 0.809. The summed E-state index contributed by atoms with van der Waals surface area (Å²) in [5, 5.41) is 12.2. The Morgan fingerprint density at radius 2 is 1.90 bits per heavy atom. The molecule has 0 aliphatic heterocycles. The van der Waals surface area contributed by atoms with Crippen LogP contribution in [0.4, 0.5) is 5.69 Å². The second kappa shape index (κ2) is 7.48. The first-order valence-electron chi connectivity index (χ1n) is 7.24. The Morgan fingerprint density at radius 3 is 2.62 bits per heavy atom. The fourth-order valence-corrected chi connectivity index (χ4v) is 2.26. The number of rotatable bonds is 7. The zero-order valence-corrected chi connectivity index (χ0v) is 12.3. The van der Waals surface area contributed by atoms with E-state index in [1.54, 1.807) is 0 Å². The highest BCUT2D eigenvalue weighted by Crippen LogP contribution is 2.17. The molecule has 0 aliphatic carbocycles. The van der Waals surface area contributed by atoms with Crippen LogP contribution >= 0.6 is 0 Å². The molecule has 0 aliphatic rings. The Kier molecular flexibility index (Phi) is 5.38. The van der Waals surface area contributed by atoms with E-state index < -0.39 is 5.97 Å². The first kappa shape index (κ1) is 15.1. The van der Waals surface area contributed by atoms with Crippen molar-refractivity contribution in [1.29, 1.82) is 0 Å². The summed E-state index contributed by atoms with van der Waals surface area (Å²) < 4.78 is 0. The van der Waals surface area contributed by atoms with E-state index in [2.05, 4.69) is 36.5 Å². The number of carboxylic acids is 1. The topological polar surface area (TPSA) is 49.3 Å². The van der Waals surface area contributed by atoms with E-state index in [1.165, 1.54) is 5.56 Å². The Hall–Kier alpha value is -2.29. The summed E-state index contributed by atoms with van der Waals surface area (Å²) in [6.45, 7) is 3.04. The number of nitrogens with one attached hydrogen (secondary N) is 1. The zero-order chi connectivity index (χ0) is 15.1. The molecule has 0 radical (unpaired) electrons. The van der Waals surface area contributed by atoms with E-state index in [1.807, 2.05) is 30.3 Å². The van der Waals surface area contributed by atoms with Crippen LogP contribution in [-0.4, -0.2) is 17.6 Å². The second-order valence-electron chi connectivity index (χ2n) is 5.29. The molecule has 0 bridgehead atoms. The SMILES string of the molecule is CC(CNc1cccc(CCC(=O)O)c1)c1ccccc1. The van der Waals surface area contributed by atoms with Crippen molar-refractivity contribution < 1.29 is 9.90 Å². The highest BCUT2D eigenvalue weighted by molar-refractivity contribution is 5.67. The smallest absolute Gasteiger partial charge is 0.303 e. The molecule has 3 nitrogen and oxygen atoms in total. The summed E-state index contributed by atoms with van der Waals surface area (Å²) in [5.74, 6) is -0.333. The van der Waals surface area contributed by atoms with Crippen molar-refractivity contribution in [2.24, 2.45) is 0 Å². The Labute approximate surface area is 125 Å². The van der Waals surface area contributed by atoms with Crippen LogP contribution in [0.25, 0.3) is 0 Å².